The van der Waals surface area contributed by atoms with E-state index in [1.807, 2.05) is 6.07 Å². The number of fused-ring (bicyclic) bond motifs is 1. The van der Waals surface area contributed by atoms with Crippen molar-refractivity contribution in [2.24, 2.45) is 5.92 Å². The van der Waals surface area contributed by atoms with Crippen LogP contribution in [0.4, 0.5) is 5.69 Å². The second-order valence-corrected chi connectivity index (χ2v) is 4.51. The first-order valence-electron chi connectivity index (χ1n) is 5.51. The molecule has 0 bridgehead atoms. The topological polar surface area (TPSA) is 30.9 Å². The lowest BCUT2D eigenvalue weighted by Gasteiger charge is -2.07. The fraction of sp³-hybridized carbons (Fsp3) is 0.385. The van der Waals surface area contributed by atoms with Gasteiger partial charge in [-0.15, -0.1) is 0 Å². The monoisotopic (exact) mass is 202 g/mol. The Balaban J connectivity index is 2.31. The van der Waals surface area contributed by atoms with Crippen LogP contribution in [0.25, 0.3) is 10.9 Å². The smallest absolute Gasteiger partial charge is 0.0500 e. The van der Waals surface area contributed by atoms with Crippen LogP contribution in [0.3, 0.4) is 0 Å². The average molecular weight is 202 g/mol. The third-order valence-electron chi connectivity index (χ3n) is 2.75. The van der Waals surface area contributed by atoms with Crippen LogP contribution in [0.15, 0.2) is 30.5 Å². The van der Waals surface area contributed by atoms with Crippen molar-refractivity contribution >= 4 is 16.6 Å². The summed E-state index contributed by atoms with van der Waals surface area (Å²) in [6.07, 6.45) is 3.35. The molecule has 0 fully saturated rings. The van der Waals surface area contributed by atoms with E-state index in [1.54, 1.807) is 0 Å². The lowest BCUT2D eigenvalue weighted by Crippen LogP contribution is -2.00. The van der Waals surface area contributed by atoms with Crippen LogP contribution in [0.2, 0.25) is 0 Å². The van der Waals surface area contributed by atoms with Gasteiger partial charge in [-0.3, -0.25) is 0 Å². The van der Waals surface area contributed by atoms with Gasteiger partial charge < -0.3 is 10.3 Å². The molecule has 0 spiro atoms. The molecule has 2 aromatic rings. The maximum Gasteiger partial charge on any atom is 0.0500 e. The van der Waals surface area contributed by atoms with E-state index < -0.39 is 0 Å². The highest BCUT2D eigenvalue weighted by Gasteiger charge is 2.02. The molecule has 0 radical (unpaired) electrons. The van der Waals surface area contributed by atoms with Gasteiger partial charge in [0, 0.05) is 18.4 Å². The molecule has 0 saturated carbocycles. The molecule has 2 nitrogen and oxygen atoms in total. The minimum Gasteiger partial charge on any atom is -0.399 e. The molecule has 80 valence electrons. The summed E-state index contributed by atoms with van der Waals surface area (Å²) in [6, 6.07) is 8.23. The standard InChI is InChI=1S/C13H18N2/c1-10(2)5-7-15-8-6-11-3-4-12(14)9-13(11)15/h3-4,6,8-10H,5,7,14H2,1-2H3. The van der Waals surface area contributed by atoms with Gasteiger partial charge in [-0.25, -0.2) is 0 Å². The summed E-state index contributed by atoms with van der Waals surface area (Å²) in [6.45, 7) is 5.57. The normalized spacial score (nSPS) is 11.4. The van der Waals surface area contributed by atoms with Crippen LogP contribution in [0.5, 0.6) is 0 Å². The predicted molar refractivity (Wildman–Crippen MR) is 65.8 cm³/mol. The highest BCUT2D eigenvalue weighted by atomic mass is 14.9. The minimum atomic E-state index is 0.739. The number of nitrogens with zero attached hydrogens (tertiary/aromatic N) is 1. The number of rotatable bonds is 3. The Hall–Kier alpha value is -1.44. The second-order valence-electron chi connectivity index (χ2n) is 4.51. The zero-order chi connectivity index (χ0) is 10.8. The van der Waals surface area contributed by atoms with Gasteiger partial charge in [-0.05, 0) is 35.9 Å². The van der Waals surface area contributed by atoms with Gasteiger partial charge in [0.05, 0.1) is 5.52 Å². The maximum atomic E-state index is 5.79. The number of benzene rings is 1. The van der Waals surface area contributed by atoms with Gasteiger partial charge in [0.25, 0.3) is 0 Å². The van der Waals surface area contributed by atoms with Crippen LogP contribution in [0.1, 0.15) is 20.3 Å². The molecular formula is C13H18N2. The third kappa shape index (κ3) is 2.14. The third-order valence-corrected chi connectivity index (χ3v) is 2.75. The van der Waals surface area contributed by atoms with E-state index in [2.05, 4.69) is 42.8 Å². The van der Waals surface area contributed by atoms with Crippen molar-refractivity contribution in [3.63, 3.8) is 0 Å². The molecule has 0 aliphatic carbocycles. The zero-order valence-electron chi connectivity index (χ0n) is 9.40. The summed E-state index contributed by atoms with van der Waals surface area (Å²) >= 11 is 0. The predicted octanol–water partition coefficient (Wildman–Crippen LogP) is 3.27. The van der Waals surface area contributed by atoms with Crippen LogP contribution < -0.4 is 5.73 Å². The summed E-state index contributed by atoms with van der Waals surface area (Å²) in [5.41, 5.74) is 7.88. The van der Waals surface area contributed by atoms with E-state index in [-0.39, 0.29) is 0 Å². The summed E-state index contributed by atoms with van der Waals surface area (Å²) in [5, 5.41) is 1.27. The zero-order valence-corrected chi connectivity index (χ0v) is 9.40. The molecule has 2 heteroatoms. The number of aryl methyl sites for hydroxylation is 1. The number of nitrogen functional groups attached to an aromatic ring is 1. The van der Waals surface area contributed by atoms with Crippen LogP contribution >= 0.6 is 0 Å². The molecule has 0 saturated heterocycles. The number of anilines is 1. The lowest BCUT2D eigenvalue weighted by atomic mass is 10.1. The van der Waals surface area contributed by atoms with Gasteiger partial charge in [0.15, 0.2) is 0 Å². The number of nitrogens with two attached hydrogens (primary N) is 1. The summed E-state index contributed by atoms with van der Waals surface area (Å²) in [7, 11) is 0. The van der Waals surface area contributed by atoms with Gasteiger partial charge >= 0.3 is 0 Å². The van der Waals surface area contributed by atoms with E-state index in [4.69, 9.17) is 5.73 Å². The van der Waals surface area contributed by atoms with E-state index in [9.17, 15) is 0 Å². The Morgan fingerprint density at radius 2 is 2.07 bits per heavy atom. The number of hydrogen-bond donors (Lipinski definition) is 1. The van der Waals surface area contributed by atoms with Gasteiger partial charge in [0.1, 0.15) is 0 Å². The van der Waals surface area contributed by atoms with Crippen LogP contribution in [0, 0.1) is 5.92 Å². The summed E-state index contributed by atoms with van der Waals surface area (Å²) < 4.78 is 2.28. The highest BCUT2D eigenvalue weighted by Crippen LogP contribution is 2.19. The maximum absolute atomic E-state index is 5.79. The quantitative estimate of drug-likeness (QED) is 0.761. The van der Waals surface area contributed by atoms with Gasteiger partial charge in [-0.2, -0.15) is 0 Å². The first-order chi connectivity index (χ1) is 7.16. The van der Waals surface area contributed by atoms with Crippen molar-refractivity contribution in [3.8, 4) is 0 Å². The Kier molecular flexibility index (Phi) is 2.67. The molecule has 0 aliphatic heterocycles. The van der Waals surface area contributed by atoms with Crippen molar-refractivity contribution in [2.45, 2.75) is 26.8 Å². The molecule has 2 N–H and O–H groups in total. The Labute approximate surface area is 90.7 Å². The largest absolute Gasteiger partial charge is 0.399 e. The number of aromatic nitrogens is 1. The Morgan fingerprint density at radius 3 is 2.80 bits per heavy atom. The lowest BCUT2D eigenvalue weighted by molar-refractivity contribution is 0.524. The number of hydrogen-bond acceptors (Lipinski definition) is 1. The fourth-order valence-corrected chi connectivity index (χ4v) is 1.79. The summed E-state index contributed by atoms with van der Waals surface area (Å²) in [5.74, 6) is 0.739. The summed E-state index contributed by atoms with van der Waals surface area (Å²) in [4.78, 5) is 0. The van der Waals surface area contributed by atoms with Crippen molar-refractivity contribution in [2.75, 3.05) is 5.73 Å². The molecule has 0 atom stereocenters. The van der Waals surface area contributed by atoms with E-state index in [1.165, 1.54) is 17.3 Å². The van der Waals surface area contributed by atoms with E-state index in [0.29, 0.717) is 0 Å². The Bertz CT molecular complexity index is 455. The van der Waals surface area contributed by atoms with E-state index >= 15 is 0 Å². The molecule has 15 heavy (non-hydrogen) atoms. The first-order valence-corrected chi connectivity index (χ1v) is 5.51. The molecule has 1 aromatic heterocycles. The Morgan fingerprint density at radius 1 is 1.27 bits per heavy atom. The molecule has 1 heterocycles. The molecule has 0 aliphatic rings. The first kappa shape index (κ1) is 10.1. The molecule has 2 rings (SSSR count). The van der Waals surface area contributed by atoms with Gasteiger partial charge in [-0.1, -0.05) is 19.9 Å². The molecular weight excluding hydrogens is 184 g/mol. The van der Waals surface area contributed by atoms with E-state index in [0.717, 1.165) is 18.2 Å². The average Bonchev–Trinajstić information content (AvgIpc) is 2.57. The van der Waals surface area contributed by atoms with Gasteiger partial charge in [0.2, 0.25) is 0 Å². The minimum absolute atomic E-state index is 0.739. The molecule has 0 unspecified atom stereocenters. The van der Waals surface area contributed by atoms with Crippen molar-refractivity contribution in [1.82, 2.24) is 4.57 Å². The second kappa shape index (κ2) is 3.97. The van der Waals surface area contributed by atoms with Crippen LogP contribution in [-0.4, -0.2) is 4.57 Å². The molecule has 0 amide bonds. The molecule has 1 aromatic carbocycles. The SMILES string of the molecule is CC(C)CCn1ccc2ccc(N)cc21. The van der Waals surface area contributed by atoms with Crippen molar-refractivity contribution in [3.05, 3.63) is 30.5 Å². The fourth-order valence-electron chi connectivity index (χ4n) is 1.79. The van der Waals surface area contributed by atoms with Crippen molar-refractivity contribution < 1.29 is 0 Å². The highest BCUT2D eigenvalue weighted by molar-refractivity contribution is 5.83. The van der Waals surface area contributed by atoms with Crippen molar-refractivity contribution in [1.29, 1.82) is 0 Å². The van der Waals surface area contributed by atoms with Crippen LogP contribution in [-0.2, 0) is 6.54 Å².